The van der Waals surface area contributed by atoms with Crippen LogP contribution in [0.1, 0.15) is 12.0 Å². The lowest BCUT2D eigenvalue weighted by atomic mass is 10.2. The number of aliphatic hydroxyl groups excluding tert-OH is 1. The van der Waals surface area contributed by atoms with Crippen molar-refractivity contribution in [3.05, 3.63) is 28.2 Å². The maximum absolute atomic E-state index is 8.60. The van der Waals surface area contributed by atoms with Crippen LogP contribution in [0.25, 0.3) is 0 Å². The molecule has 1 aromatic rings. The molecule has 0 saturated carbocycles. The van der Waals surface area contributed by atoms with Crippen molar-refractivity contribution in [3.8, 4) is 5.75 Å². The lowest BCUT2D eigenvalue weighted by Crippen LogP contribution is -2.04. The minimum atomic E-state index is 0.147. The Kier molecular flexibility index (Phi) is 4.93. The molecule has 0 aromatic heterocycles. The summed E-state index contributed by atoms with van der Waals surface area (Å²) >= 11 is 3.37. The Labute approximate surface area is 92.0 Å². The summed E-state index contributed by atoms with van der Waals surface area (Å²) in [5, 5.41) is 8.60. The minimum Gasteiger partial charge on any atom is -0.493 e. The van der Waals surface area contributed by atoms with E-state index in [9.17, 15) is 0 Å². The van der Waals surface area contributed by atoms with Crippen molar-refractivity contribution in [2.45, 2.75) is 13.0 Å². The third-order valence-corrected chi connectivity index (χ3v) is 2.30. The van der Waals surface area contributed by atoms with Crippen LogP contribution in [-0.4, -0.2) is 18.3 Å². The highest BCUT2D eigenvalue weighted by Gasteiger charge is 2.02. The average Bonchev–Trinajstić information content (AvgIpc) is 2.20. The van der Waals surface area contributed by atoms with Crippen LogP contribution in [0, 0.1) is 0 Å². The van der Waals surface area contributed by atoms with Crippen LogP contribution in [0.2, 0.25) is 0 Å². The molecular formula is C10H14BrNO2. The second-order valence-electron chi connectivity index (χ2n) is 2.88. The minimum absolute atomic E-state index is 0.147. The van der Waals surface area contributed by atoms with Gasteiger partial charge in [0.2, 0.25) is 0 Å². The smallest absolute Gasteiger partial charge is 0.123 e. The lowest BCUT2D eigenvalue weighted by Gasteiger charge is -2.09. The number of hydrogen-bond donors (Lipinski definition) is 2. The van der Waals surface area contributed by atoms with E-state index in [0.717, 1.165) is 15.8 Å². The fraction of sp³-hybridized carbons (Fsp3) is 0.400. The van der Waals surface area contributed by atoms with Crippen molar-refractivity contribution in [2.24, 2.45) is 5.73 Å². The van der Waals surface area contributed by atoms with Crippen molar-refractivity contribution in [1.82, 2.24) is 0 Å². The first kappa shape index (κ1) is 11.5. The Morgan fingerprint density at radius 3 is 2.86 bits per heavy atom. The largest absolute Gasteiger partial charge is 0.493 e. The molecule has 0 aliphatic rings. The van der Waals surface area contributed by atoms with Gasteiger partial charge in [0.1, 0.15) is 5.75 Å². The van der Waals surface area contributed by atoms with Gasteiger partial charge in [-0.05, 0) is 18.2 Å². The summed E-state index contributed by atoms with van der Waals surface area (Å²) in [5.74, 6) is 0.796. The Morgan fingerprint density at radius 1 is 1.43 bits per heavy atom. The molecule has 1 rings (SSSR count). The third-order valence-electron chi connectivity index (χ3n) is 1.80. The van der Waals surface area contributed by atoms with Crippen molar-refractivity contribution < 1.29 is 9.84 Å². The van der Waals surface area contributed by atoms with Gasteiger partial charge < -0.3 is 15.6 Å². The van der Waals surface area contributed by atoms with Gasteiger partial charge in [-0.15, -0.1) is 0 Å². The van der Waals surface area contributed by atoms with Crippen LogP contribution in [-0.2, 0) is 6.54 Å². The standard InChI is InChI=1S/C10H14BrNO2/c11-9-2-3-10(8(6-9)7-12)14-5-1-4-13/h2-3,6,13H,1,4-5,7,12H2. The van der Waals surface area contributed by atoms with Crippen LogP contribution in [0.4, 0.5) is 0 Å². The Balaban J connectivity index is 2.65. The monoisotopic (exact) mass is 259 g/mol. The molecule has 14 heavy (non-hydrogen) atoms. The van der Waals surface area contributed by atoms with E-state index in [1.165, 1.54) is 0 Å². The van der Waals surface area contributed by atoms with Gasteiger partial charge in [-0.3, -0.25) is 0 Å². The fourth-order valence-electron chi connectivity index (χ4n) is 1.10. The van der Waals surface area contributed by atoms with E-state index in [0.29, 0.717) is 19.6 Å². The highest BCUT2D eigenvalue weighted by Crippen LogP contribution is 2.22. The summed E-state index contributed by atoms with van der Waals surface area (Å²) in [6.45, 7) is 1.12. The molecule has 0 heterocycles. The van der Waals surface area contributed by atoms with Crippen molar-refractivity contribution in [2.75, 3.05) is 13.2 Å². The first-order chi connectivity index (χ1) is 6.77. The molecular weight excluding hydrogens is 246 g/mol. The zero-order valence-electron chi connectivity index (χ0n) is 7.87. The average molecular weight is 260 g/mol. The molecule has 78 valence electrons. The zero-order valence-corrected chi connectivity index (χ0v) is 9.46. The lowest BCUT2D eigenvalue weighted by molar-refractivity contribution is 0.232. The second kappa shape index (κ2) is 6.01. The van der Waals surface area contributed by atoms with Gasteiger partial charge in [-0.2, -0.15) is 0 Å². The molecule has 0 unspecified atom stereocenters. The number of ether oxygens (including phenoxy) is 1. The van der Waals surface area contributed by atoms with Crippen LogP contribution < -0.4 is 10.5 Å². The van der Waals surface area contributed by atoms with Crippen molar-refractivity contribution in [3.63, 3.8) is 0 Å². The molecule has 4 heteroatoms. The maximum Gasteiger partial charge on any atom is 0.123 e. The quantitative estimate of drug-likeness (QED) is 0.792. The molecule has 1 aromatic carbocycles. The van der Waals surface area contributed by atoms with E-state index in [4.69, 9.17) is 15.6 Å². The van der Waals surface area contributed by atoms with Gasteiger partial charge >= 0.3 is 0 Å². The van der Waals surface area contributed by atoms with Gasteiger partial charge in [0.05, 0.1) is 6.61 Å². The molecule has 3 nitrogen and oxygen atoms in total. The summed E-state index contributed by atoms with van der Waals surface area (Å²) < 4.78 is 6.46. The number of aliphatic hydroxyl groups is 1. The molecule has 0 aliphatic heterocycles. The summed E-state index contributed by atoms with van der Waals surface area (Å²) in [7, 11) is 0. The van der Waals surface area contributed by atoms with E-state index in [1.54, 1.807) is 0 Å². The molecule has 0 aliphatic carbocycles. The molecule has 0 fully saturated rings. The Morgan fingerprint density at radius 2 is 2.21 bits per heavy atom. The summed E-state index contributed by atoms with van der Waals surface area (Å²) in [6, 6.07) is 5.73. The second-order valence-corrected chi connectivity index (χ2v) is 3.80. The predicted molar refractivity (Wildman–Crippen MR) is 59.2 cm³/mol. The van der Waals surface area contributed by atoms with Crippen LogP contribution >= 0.6 is 15.9 Å². The zero-order chi connectivity index (χ0) is 10.4. The van der Waals surface area contributed by atoms with Crippen molar-refractivity contribution >= 4 is 15.9 Å². The number of nitrogens with two attached hydrogens (primary N) is 1. The highest BCUT2D eigenvalue weighted by atomic mass is 79.9. The molecule has 0 spiro atoms. The SMILES string of the molecule is NCc1cc(Br)ccc1OCCCO. The first-order valence-corrected chi connectivity index (χ1v) is 5.29. The molecule has 0 radical (unpaired) electrons. The van der Waals surface area contributed by atoms with Gasteiger partial charge in [0.15, 0.2) is 0 Å². The summed E-state index contributed by atoms with van der Waals surface area (Å²) in [6.07, 6.45) is 0.639. The van der Waals surface area contributed by atoms with Crippen LogP contribution in [0.15, 0.2) is 22.7 Å². The molecule has 0 atom stereocenters. The van der Waals surface area contributed by atoms with E-state index in [1.807, 2.05) is 18.2 Å². The third kappa shape index (κ3) is 3.29. The number of halogens is 1. The van der Waals surface area contributed by atoms with Crippen LogP contribution in [0.3, 0.4) is 0 Å². The topological polar surface area (TPSA) is 55.5 Å². The van der Waals surface area contributed by atoms with E-state index >= 15 is 0 Å². The van der Waals surface area contributed by atoms with Gasteiger partial charge in [-0.1, -0.05) is 15.9 Å². The van der Waals surface area contributed by atoms with Gasteiger partial charge in [0, 0.05) is 29.6 Å². The molecule has 0 saturated heterocycles. The summed E-state index contributed by atoms with van der Waals surface area (Å²) in [4.78, 5) is 0. The predicted octanol–water partition coefficient (Wildman–Crippen LogP) is 1.67. The van der Waals surface area contributed by atoms with Crippen molar-refractivity contribution in [1.29, 1.82) is 0 Å². The van der Waals surface area contributed by atoms with E-state index in [2.05, 4.69) is 15.9 Å². The Bertz CT molecular complexity index is 291. The van der Waals surface area contributed by atoms with E-state index < -0.39 is 0 Å². The summed E-state index contributed by atoms with van der Waals surface area (Å²) in [5.41, 5.74) is 6.54. The molecule has 3 N–H and O–H groups in total. The van der Waals surface area contributed by atoms with Gasteiger partial charge in [-0.25, -0.2) is 0 Å². The van der Waals surface area contributed by atoms with Gasteiger partial charge in [0.25, 0.3) is 0 Å². The molecule has 0 bridgehead atoms. The van der Waals surface area contributed by atoms with E-state index in [-0.39, 0.29) is 6.61 Å². The normalized spacial score (nSPS) is 10.2. The molecule has 0 amide bonds. The highest BCUT2D eigenvalue weighted by molar-refractivity contribution is 9.10. The number of rotatable bonds is 5. The van der Waals surface area contributed by atoms with Crippen LogP contribution in [0.5, 0.6) is 5.75 Å². The number of benzene rings is 1. The maximum atomic E-state index is 8.60. The fourth-order valence-corrected chi connectivity index (χ4v) is 1.50. The number of hydrogen-bond acceptors (Lipinski definition) is 3. The first-order valence-electron chi connectivity index (χ1n) is 4.50. The Hall–Kier alpha value is -0.580.